The SMILES string of the molecule is CCC1O[C@@H](C)C(C)[C@@H](C)[C@H]1O[C@H]1O[C@H](C)[C@@H](C)C(C)C1C. The molecule has 0 bridgehead atoms. The quantitative estimate of drug-likeness (QED) is 0.768. The first-order chi connectivity index (χ1) is 10.3. The summed E-state index contributed by atoms with van der Waals surface area (Å²) >= 11 is 0. The van der Waals surface area contributed by atoms with E-state index in [0.717, 1.165) is 6.42 Å². The first-order valence-corrected chi connectivity index (χ1v) is 9.24. The van der Waals surface area contributed by atoms with Crippen LogP contribution in [-0.2, 0) is 14.2 Å². The van der Waals surface area contributed by atoms with Crippen molar-refractivity contribution >= 4 is 0 Å². The molecule has 0 radical (unpaired) electrons. The lowest BCUT2D eigenvalue weighted by Gasteiger charge is -2.48. The number of ether oxygens (including phenoxy) is 3. The van der Waals surface area contributed by atoms with Gasteiger partial charge in [0.2, 0.25) is 0 Å². The lowest BCUT2D eigenvalue weighted by Crippen LogP contribution is -2.53. The molecule has 0 saturated carbocycles. The van der Waals surface area contributed by atoms with Gasteiger partial charge in [0.25, 0.3) is 0 Å². The Morgan fingerprint density at radius 1 is 0.682 bits per heavy atom. The predicted octanol–water partition coefficient (Wildman–Crippen LogP) is 4.49. The summed E-state index contributed by atoms with van der Waals surface area (Å²) in [6.07, 6.45) is 1.77. The summed E-state index contributed by atoms with van der Waals surface area (Å²) in [4.78, 5) is 0. The van der Waals surface area contributed by atoms with E-state index >= 15 is 0 Å². The lowest BCUT2D eigenvalue weighted by molar-refractivity contribution is -0.296. The zero-order valence-electron chi connectivity index (χ0n) is 15.7. The topological polar surface area (TPSA) is 27.7 Å². The second-order valence-electron chi connectivity index (χ2n) is 7.89. The van der Waals surface area contributed by atoms with E-state index in [4.69, 9.17) is 14.2 Å². The Hall–Kier alpha value is -0.120. The molecule has 2 aliphatic rings. The van der Waals surface area contributed by atoms with Crippen LogP contribution in [0, 0.1) is 29.6 Å². The monoisotopic (exact) mass is 312 g/mol. The Labute approximate surface area is 137 Å². The zero-order chi connectivity index (χ0) is 16.6. The molecule has 2 fully saturated rings. The van der Waals surface area contributed by atoms with Crippen molar-refractivity contribution in [3.05, 3.63) is 0 Å². The molecule has 10 atom stereocenters. The van der Waals surface area contributed by atoms with Gasteiger partial charge in [0.15, 0.2) is 6.29 Å². The molecule has 0 amide bonds. The maximum Gasteiger partial charge on any atom is 0.161 e. The Balaban J connectivity index is 2.10. The second kappa shape index (κ2) is 7.19. The van der Waals surface area contributed by atoms with Gasteiger partial charge in [-0.05, 0) is 43.9 Å². The molecular weight excluding hydrogens is 276 g/mol. The van der Waals surface area contributed by atoms with Crippen molar-refractivity contribution in [3.8, 4) is 0 Å². The molecule has 0 aromatic rings. The standard InChI is InChI=1S/C19H36O3/c1-9-17-18(13(5)12(4)15(7)20-17)22-19-14(6)10(2)11(3)16(8)21-19/h10-19H,9H2,1-8H3/t10?,11-,12?,13+,14?,15-,16+,17?,18+,19+/m0/s1. The van der Waals surface area contributed by atoms with Crippen LogP contribution >= 0.6 is 0 Å². The summed E-state index contributed by atoms with van der Waals surface area (Å²) in [5.41, 5.74) is 0. The summed E-state index contributed by atoms with van der Waals surface area (Å²) in [5, 5.41) is 0. The van der Waals surface area contributed by atoms with Gasteiger partial charge in [-0.15, -0.1) is 0 Å². The molecule has 130 valence electrons. The van der Waals surface area contributed by atoms with Crippen LogP contribution < -0.4 is 0 Å². The van der Waals surface area contributed by atoms with Crippen LogP contribution in [0.4, 0.5) is 0 Å². The van der Waals surface area contributed by atoms with Gasteiger partial charge >= 0.3 is 0 Å². The summed E-state index contributed by atoms with van der Waals surface area (Å²) in [6, 6.07) is 0. The fourth-order valence-corrected chi connectivity index (χ4v) is 4.01. The summed E-state index contributed by atoms with van der Waals surface area (Å²) in [5.74, 6) is 2.63. The Bertz CT molecular complexity index is 357. The van der Waals surface area contributed by atoms with E-state index in [1.54, 1.807) is 0 Å². The van der Waals surface area contributed by atoms with Crippen LogP contribution in [0.5, 0.6) is 0 Å². The fourth-order valence-electron chi connectivity index (χ4n) is 4.01. The van der Waals surface area contributed by atoms with Gasteiger partial charge in [-0.25, -0.2) is 0 Å². The number of hydrogen-bond acceptors (Lipinski definition) is 3. The largest absolute Gasteiger partial charge is 0.372 e. The Kier molecular flexibility index (Phi) is 5.95. The van der Waals surface area contributed by atoms with Gasteiger partial charge in [-0.3, -0.25) is 0 Å². The highest BCUT2D eigenvalue weighted by molar-refractivity contribution is 4.89. The van der Waals surface area contributed by atoms with Gasteiger partial charge in [0, 0.05) is 5.92 Å². The molecule has 0 spiro atoms. The van der Waals surface area contributed by atoms with Crippen LogP contribution in [-0.4, -0.2) is 30.7 Å². The van der Waals surface area contributed by atoms with Gasteiger partial charge < -0.3 is 14.2 Å². The van der Waals surface area contributed by atoms with Crippen LogP contribution in [0.3, 0.4) is 0 Å². The smallest absolute Gasteiger partial charge is 0.161 e. The van der Waals surface area contributed by atoms with E-state index in [9.17, 15) is 0 Å². The lowest BCUT2D eigenvalue weighted by atomic mass is 9.78. The van der Waals surface area contributed by atoms with Crippen LogP contribution in [0.2, 0.25) is 0 Å². The molecule has 2 rings (SSSR count). The molecule has 0 aromatic carbocycles. The van der Waals surface area contributed by atoms with Gasteiger partial charge in [0.1, 0.15) is 0 Å². The number of rotatable bonds is 3. The minimum Gasteiger partial charge on any atom is -0.372 e. The third-order valence-corrected chi connectivity index (χ3v) is 6.71. The van der Waals surface area contributed by atoms with E-state index in [2.05, 4.69) is 55.4 Å². The van der Waals surface area contributed by atoms with E-state index in [0.29, 0.717) is 35.7 Å². The molecule has 2 saturated heterocycles. The summed E-state index contributed by atoms with van der Waals surface area (Å²) in [6.45, 7) is 18.0. The minimum absolute atomic E-state index is 0.105. The maximum atomic E-state index is 6.52. The van der Waals surface area contributed by atoms with Gasteiger partial charge in [0.05, 0.1) is 24.4 Å². The normalized spacial score (nSPS) is 53.5. The highest BCUT2D eigenvalue weighted by Crippen LogP contribution is 2.39. The highest BCUT2D eigenvalue weighted by Gasteiger charge is 2.44. The van der Waals surface area contributed by atoms with Gasteiger partial charge in [-0.1, -0.05) is 41.5 Å². The number of hydrogen-bond donors (Lipinski definition) is 0. The van der Waals surface area contributed by atoms with Crippen molar-refractivity contribution in [1.29, 1.82) is 0 Å². The van der Waals surface area contributed by atoms with Crippen molar-refractivity contribution in [2.45, 2.75) is 92.5 Å². The molecule has 3 heteroatoms. The zero-order valence-corrected chi connectivity index (χ0v) is 15.7. The van der Waals surface area contributed by atoms with Crippen molar-refractivity contribution in [2.24, 2.45) is 29.6 Å². The molecule has 2 aliphatic heterocycles. The third kappa shape index (κ3) is 3.37. The average Bonchev–Trinajstić information content (AvgIpc) is 2.50. The highest BCUT2D eigenvalue weighted by atomic mass is 16.7. The van der Waals surface area contributed by atoms with E-state index in [1.165, 1.54) is 0 Å². The molecule has 0 aliphatic carbocycles. The molecule has 0 aromatic heterocycles. The second-order valence-corrected chi connectivity index (χ2v) is 7.89. The van der Waals surface area contributed by atoms with Crippen molar-refractivity contribution in [2.75, 3.05) is 0 Å². The summed E-state index contributed by atoms with van der Waals surface area (Å²) < 4.78 is 18.9. The average molecular weight is 312 g/mol. The van der Waals surface area contributed by atoms with Crippen molar-refractivity contribution in [1.82, 2.24) is 0 Å². The minimum atomic E-state index is -0.105. The predicted molar refractivity (Wildman–Crippen MR) is 89.7 cm³/mol. The van der Waals surface area contributed by atoms with Crippen LogP contribution in [0.15, 0.2) is 0 Å². The molecular formula is C19H36O3. The van der Waals surface area contributed by atoms with E-state index < -0.39 is 0 Å². The molecule has 0 N–H and O–H groups in total. The maximum absolute atomic E-state index is 6.52. The van der Waals surface area contributed by atoms with E-state index in [1.807, 2.05) is 0 Å². The van der Waals surface area contributed by atoms with E-state index in [-0.39, 0.29) is 24.6 Å². The van der Waals surface area contributed by atoms with Crippen LogP contribution in [0.1, 0.15) is 61.8 Å². The Morgan fingerprint density at radius 3 is 1.82 bits per heavy atom. The molecule has 4 unspecified atom stereocenters. The first-order valence-electron chi connectivity index (χ1n) is 9.24. The molecule has 3 nitrogen and oxygen atoms in total. The Morgan fingerprint density at radius 2 is 1.23 bits per heavy atom. The molecule has 22 heavy (non-hydrogen) atoms. The van der Waals surface area contributed by atoms with Gasteiger partial charge in [-0.2, -0.15) is 0 Å². The van der Waals surface area contributed by atoms with Crippen molar-refractivity contribution in [3.63, 3.8) is 0 Å². The van der Waals surface area contributed by atoms with Crippen LogP contribution in [0.25, 0.3) is 0 Å². The fraction of sp³-hybridized carbons (Fsp3) is 1.00. The third-order valence-electron chi connectivity index (χ3n) is 6.71. The van der Waals surface area contributed by atoms with Crippen molar-refractivity contribution < 1.29 is 14.2 Å². The first kappa shape index (κ1) is 18.2. The molecule has 2 heterocycles. The summed E-state index contributed by atoms with van der Waals surface area (Å²) in [7, 11) is 0.